The van der Waals surface area contributed by atoms with Gasteiger partial charge in [0.25, 0.3) is 0 Å². The quantitative estimate of drug-likeness (QED) is 0.607. The lowest BCUT2D eigenvalue weighted by Crippen LogP contribution is -2.24. The molecule has 1 amide bonds. The van der Waals surface area contributed by atoms with Gasteiger partial charge in [0.2, 0.25) is 11.7 Å². The number of ketones is 1. The van der Waals surface area contributed by atoms with Crippen LogP contribution in [0, 0.1) is 0 Å². The standard InChI is InChI=1S/C20H21NO5/c1-4-25-18-10-8-15(9-11-18)19(23)13(2)26-20(24)16-6-5-7-17(12-16)21-14(3)22/h5-13H,4H2,1-3H3,(H,21,22)/t13-/m1/s1. The maximum atomic E-state index is 12.4. The first-order valence-electron chi connectivity index (χ1n) is 8.26. The number of anilines is 1. The molecule has 0 fully saturated rings. The Kier molecular flexibility index (Phi) is 6.49. The number of hydrogen-bond donors (Lipinski definition) is 1. The second-order valence-electron chi connectivity index (χ2n) is 5.63. The summed E-state index contributed by atoms with van der Waals surface area (Å²) in [6.07, 6.45) is -0.940. The zero-order valence-corrected chi connectivity index (χ0v) is 14.9. The van der Waals surface area contributed by atoms with E-state index in [4.69, 9.17) is 9.47 Å². The molecule has 0 aliphatic carbocycles. The van der Waals surface area contributed by atoms with E-state index in [0.29, 0.717) is 23.6 Å². The fraction of sp³-hybridized carbons (Fsp3) is 0.250. The Labute approximate surface area is 152 Å². The van der Waals surface area contributed by atoms with Crippen LogP contribution < -0.4 is 10.1 Å². The highest BCUT2D eigenvalue weighted by Crippen LogP contribution is 2.16. The Bertz CT molecular complexity index is 798. The monoisotopic (exact) mass is 355 g/mol. The third-order valence-electron chi connectivity index (χ3n) is 3.52. The van der Waals surface area contributed by atoms with Gasteiger partial charge in [-0.1, -0.05) is 6.07 Å². The molecule has 0 spiro atoms. The van der Waals surface area contributed by atoms with Crippen LogP contribution in [0.5, 0.6) is 5.75 Å². The van der Waals surface area contributed by atoms with E-state index in [9.17, 15) is 14.4 Å². The van der Waals surface area contributed by atoms with Gasteiger partial charge >= 0.3 is 5.97 Å². The van der Waals surface area contributed by atoms with E-state index < -0.39 is 12.1 Å². The van der Waals surface area contributed by atoms with Gasteiger partial charge in [-0.25, -0.2) is 4.79 Å². The second kappa shape index (κ2) is 8.80. The number of benzene rings is 2. The van der Waals surface area contributed by atoms with Crippen LogP contribution in [0.25, 0.3) is 0 Å². The van der Waals surface area contributed by atoms with Crippen molar-refractivity contribution in [2.24, 2.45) is 0 Å². The lowest BCUT2D eigenvalue weighted by atomic mass is 10.1. The summed E-state index contributed by atoms with van der Waals surface area (Å²) in [6, 6.07) is 13.0. The summed E-state index contributed by atoms with van der Waals surface area (Å²) in [6.45, 7) is 5.32. The molecule has 2 aromatic carbocycles. The average molecular weight is 355 g/mol. The minimum atomic E-state index is -0.940. The molecule has 1 N–H and O–H groups in total. The predicted octanol–water partition coefficient (Wildman–Crippen LogP) is 3.47. The van der Waals surface area contributed by atoms with Gasteiger partial charge in [-0.05, 0) is 56.3 Å². The topological polar surface area (TPSA) is 81.7 Å². The molecule has 1 atom stereocenters. The molecule has 0 aliphatic heterocycles. The summed E-state index contributed by atoms with van der Waals surface area (Å²) in [7, 11) is 0. The Balaban J connectivity index is 2.03. The molecular formula is C20H21NO5. The van der Waals surface area contributed by atoms with Crippen LogP contribution in [-0.2, 0) is 9.53 Å². The number of rotatable bonds is 7. The lowest BCUT2D eigenvalue weighted by Gasteiger charge is -2.13. The van der Waals surface area contributed by atoms with Crippen LogP contribution in [0.15, 0.2) is 48.5 Å². The zero-order valence-electron chi connectivity index (χ0n) is 14.9. The molecule has 0 radical (unpaired) electrons. The molecule has 6 nitrogen and oxygen atoms in total. The second-order valence-corrected chi connectivity index (χ2v) is 5.63. The third kappa shape index (κ3) is 5.17. The fourth-order valence-corrected chi connectivity index (χ4v) is 2.33. The molecule has 0 unspecified atom stereocenters. The molecule has 6 heteroatoms. The van der Waals surface area contributed by atoms with Gasteiger partial charge in [0.1, 0.15) is 5.75 Å². The van der Waals surface area contributed by atoms with Gasteiger partial charge in [-0.3, -0.25) is 9.59 Å². The molecule has 0 aromatic heterocycles. The number of ether oxygens (including phenoxy) is 2. The summed E-state index contributed by atoms with van der Waals surface area (Å²) in [5, 5.41) is 2.59. The van der Waals surface area contributed by atoms with E-state index in [1.54, 1.807) is 42.5 Å². The number of carbonyl (C=O) groups is 3. The molecule has 26 heavy (non-hydrogen) atoms. The molecule has 0 heterocycles. The van der Waals surface area contributed by atoms with Gasteiger partial charge in [0.15, 0.2) is 6.10 Å². The predicted molar refractivity (Wildman–Crippen MR) is 97.6 cm³/mol. The van der Waals surface area contributed by atoms with Crippen molar-refractivity contribution in [3.8, 4) is 5.75 Å². The normalized spacial score (nSPS) is 11.3. The van der Waals surface area contributed by atoms with E-state index in [1.807, 2.05) is 6.92 Å². The van der Waals surface area contributed by atoms with Gasteiger partial charge in [-0.2, -0.15) is 0 Å². The smallest absolute Gasteiger partial charge is 0.338 e. The van der Waals surface area contributed by atoms with E-state index in [1.165, 1.54) is 19.9 Å². The van der Waals surface area contributed by atoms with Crippen molar-refractivity contribution in [1.29, 1.82) is 0 Å². The van der Waals surface area contributed by atoms with Crippen LogP contribution in [0.3, 0.4) is 0 Å². The van der Waals surface area contributed by atoms with Crippen molar-refractivity contribution >= 4 is 23.3 Å². The van der Waals surface area contributed by atoms with Gasteiger partial charge in [-0.15, -0.1) is 0 Å². The van der Waals surface area contributed by atoms with Crippen molar-refractivity contribution in [2.75, 3.05) is 11.9 Å². The van der Waals surface area contributed by atoms with Crippen molar-refractivity contribution in [1.82, 2.24) is 0 Å². The lowest BCUT2D eigenvalue weighted by molar-refractivity contribution is -0.114. The van der Waals surface area contributed by atoms with Crippen molar-refractivity contribution in [2.45, 2.75) is 26.9 Å². The van der Waals surface area contributed by atoms with Crippen LogP contribution in [0.4, 0.5) is 5.69 Å². The highest BCUT2D eigenvalue weighted by Gasteiger charge is 2.20. The first-order chi connectivity index (χ1) is 12.4. The minimum Gasteiger partial charge on any atom is -0.494 e. The Morgan fingerprint density at radius 1 is 1.04 bits per heavy atom. The summed E-state index contributed by atoms with van der Waals surface area (Å²) in [5.41, 5.74) is 1.17. The van der Waals surface area contributed by atoms with E-state index in [0.717, 1.165) is 0 Å². The van der Waals surface area contributed by atoms with Crippen LogP contribution in [0.1, 0.15) is 41.5 Å². The van der Waals surface area contributed by atoms with Crippen LogP contribution in [-0.4, -0.2) is 30.4 Å². The average Bonchev–Trinajstić information content (AvgIpc) is 2.61. The number of esters is 1. The summed E-state index contributed by atoms with van der Waals surface area (Å²) >= 11 is 0. The van der Waals surface area contributed by atoms with E-state index in [2.05, 4.69) is 5.32 Å². The summed E-state index contributed by atoms with van der Waals surface area (Å²) in [5.74, 6) is -0.513. The largest absolute Gasteiger partial charge is 0.494 e. The van der Waals surface area contributed by atoms with Gasteiger partial charge in [0.05, 0.1) is 12.2 Å². The summed E-state index contributed by atoms with van der Waals surface area (Å²) < 4.78 is 10.6. The number of hydrogen-bond acceptors (Lipinski definition) is 5. The van der Waals surface area contributed by atoms with Gasteiger partial charge < -0.3 is 14.8 Å². The molecule has 0 saturated heterocycles. The van der Waals surface area contributed by atoms with E-state index >= 15 is 0 Å². The molecule has 136 valence electrons. The SMILES string of the molecule is CCOc1ccc(C(=O)[C@@H](C)OC(=O)c2cccc(NC(C)=O)c2)cc1. The number of carbonyl (C=O) groups excluding carboxylic acids is 3. The first-order valence-corrected chi connectivity index (χ1v) is 8.26. The zero-order chi connectivity index (χ0) is 19.1. The molecule has 0 bridgehead atoms. The molecule has 2 rings (SSSR count). The Hall–Kier alpha value is -3.15. The molecule has 2 aromatic rings. The third-order valence-corrected chi connectivity index (χ3v) is 3.52. The molecule has 0 aliphatic rings. The highest BCUT2D eigenvalue weighted by molar-refractivity contribution is 6.01. The Morgan fingerprint density at radius 2 is 1.73 bits per heavy atom. The van der Waals surface area contributed by atoms with Crippen molar-refractivity contribution < 1.29 is 23.9 Å². The highest BCUT2D eigenvalue weighted by atomic mass is 16.5. The molecular weight excluding hydrogens is 334 g/mol. The minimum absolute atomic E-state index is 0.241. The summed E-state index contributed by atoms with van der Waals surface area (Å²) in [4.78, 5) is 35.8. The first kappa shape index (κ1) is 19.2. The van der Waals surface area contributed by atoms with E-state index in [-0.39, 0.29) is 17.3 Å². The maximum Gasteiger partial charge on any atom is 0.338 e. The maximum absolute atomic E-state index is 12.4. The van der Waals surface area contributed by atoms with Crippen LogP contribution >= 0.6 is 0 Å². The van der Waals surface area contributed by atoms with Crippen LogP contribution in [0.2, 0.25) is 0 Å². The van der Waals surface area contributed by atoms with Crippen molar-refractivity contribution in [3.63, 3.8) is 0 Å². The number of Topliss-reactive ketones (excluding diaryl/α,β-unsaturated/α-hetero) is 1. The fourth-order valence-electron chi connectivity index (χ4n) is 2.33. The Morgan fingerprint density at radius 3 is 2.35 bits per heavy atom. The van der Waals surface area contributed by atoms with Crippen molar-refractivity contribution in [3.05, 3.63) is 59.7 Å². The number of nitrogens with one attached hydrogen (secondary N) is 1. The van der Waals surface area contributed by atoms with Gasteiger partial charge in [0, 0.05) is 18.2 Å². The molecule has 0 saturated carbocycles. The number of amides is 1.